The molecule has 0 spiro atoms. The Morgan fingerprint density at radius 2 is 1.94 bits per heavy atom. The van der Waals surface area contributed by atoms with Crippen molar-refractivity contribution in [3.8, 4) is 11.3 Å². The molecule has 0 saturated carbocycles. The highest BCUT2D eigenvalue weighted by Gasteiger charge is 2.33. The third kappa shape index (κ3) is 1.81. The van der Waals surface area contributed by atoms with Crippen LogP contribution in [0.1, 0.15) is 5.56 Å². The Morgan fingerprint density at radius 3 is 2.56 bits per heavy atom. The fourth-order valence-corrected chi connectivity index (χ4v) is 1.50. The molecule has 2 rings (SSSR count). The van der Waals surface area contributed by atoms with Crippen molar-refractivity contribution < 1.29 is 8.78 Å². The molecule has 1 aromatic heterocycles. The van der Waals surface area contributed by atoms with Crippen LogP contribution in [0.25, 0.3) is 11.3 Å². The van der Waals surface area contributed by atoms with Crippen molar-refractivity contribution >= 4 is 0 Å². The molecular formula is C11H11F2N3. The van der Waals surface area contributed by atoms with Crippen LogP contribution in [-0.2, 0) is 5.92 Å². The number of nitrogens with two attached hydrogens (primary N) is 1. The largest absolute Gasteiger partial charge is 0.325 e. The van der Waals surface area contributed by atoms with E-state index in [1.807, 2.05) is 6.07 Å². The summed E-state index contributed by atoms with van der Waals surface area (Å²) in [4.78, 5) is 0. The van der Waals surface area contributed by atoms with Crippen molar-refractivity contribution in [2.24, 2.45) is 5.73 Å². The summed E-state index contributed by atoms with van der Waals surface area (Å²) in [5, 5.41) is 6.23. The van der Waals surface area contributed by atoms with Crippen molar-refractivity contribution in [2.75, 3.05) is 6.54 Å². The fraction of sp³-hybridized carbons (Fsp3) is 0.182. The normalized spacial score (nSPS) is 11.7. The van der Waals surface area contributed by atoms with Crippen LogP contribution >= 0.6 is 0 Å². The maximum absolute atomic E-state index is 13.5. The Labute approximate surface area is 91.3 Å². The SMILES string of the molecule is NCC(F)(F)c1cn[nH]c1-c1ccccc1. The van der Waals surface area contributed by atoms with Crippen molar-refractivity contribution in [1.29, 1.82) is 0 Å². The second-order valence-corrected chi connectivity index (χ2v) is 3.43. The summed E-state index contributed by atoms with van der Waals surface area (Å²) in [5.41, 5.74) is 5.87. The predicted octanol–water partition coefficient (Wildman–Crippen LogP) is 2.13. The van der Waals surface area contributed by atoms with Gasteiger partial charge in [0.25, 0.3) is 5.92 Å². The Bertz CT molecular complexity index is 465. The van der Waals surface area contributed by atoms with Gasteiger partial charge < -0.3 is 5.73 Å². The van der Waals surface area contributed by atoms with Crippen LogP contribution < -0.4 is 5.73 Å². The molecule has 1 aromatic carbocycles. The van der Waals surface area contributed by atoms with E-state index in [2.05, 4.69) is 10.2 Å². The number of aromatic amines is 1. The third-order valence-corrected chi connectivity index (χ3v) is 2.35. The van der Waals surface area contributed by atoms with Gasteiger partial charge in [-0.2, -0.15) is 13.9 Å². The van der Waals surface area contributed by atoms with Crippen LogP contribution in [0.5, 0.6) is 0 Å². The van der Waals surface area contributed by atoms with Crippen molar-refractivity contribution in [3.63, 3.8) is 0 Å². The Balaban J connectivity index is 2.49. The van der Waals surface area contributed by atoms with Gasteiger partial charge >= 0.3 is 0 Å². The molecule has 3 nitrogen and oxygen atoms in total. The number of hydrogen-bond acceptors (Lipinski definition) is 2. The zero-order valence-corrected chi connectivity index (χ0v) is 8.45. The topological polar surface area (TPSA) is 54.7 Å². The molecule has 5 heteroatoms. The number of rotatable bonds is 3. The molecule has 2 aromatic rings. The van der Waals surface area contributed by atoms with Gasteiger partial charge in [0.05, 0.1) is 24.0 Å². The van der Waals surface area contributed by atoms with E-state index in [0.717, 1.165) is 6.20 Å². The second kappa shape index (κ2) is 4.02. The lowest BCUT2D eigenvalue weighted by Gasteiger charge is -2.13. The van der Waals surface area contributed by atoms with Gasteiger partial charge in [-0.3, -0.25) is 5.10 Å². The number of nitrogens with one attached hydrogen (secondary N) is 1. The standard InChI is InChI=1S/C11H11F2N3/c12-11(13,7-14)9-6-15-16-10(9)8-4-2-1-3-5-8/h1-6H,7,14H2,(H,15,16). The average molecular weight is 223 g/mol. The summed E-state index contributed by atoms with van der Waals surface area (Å²) in [7, 11) is 0. The van der Waals surface area contributed by atoms with Crippen LogP contribution in [0.3, 0.4) is 0 Å². The van der Waals surface area contributed by atoms with E-state index in [4.69, 9.17) is 5.73 Å². The van der Waals surface area contributed by atoms with E-state index in [1.165, 1.54) is 0 Å². The van der Waals surface area contributed by atoms with Gasteiger partial charge in [0.15, 0.2) is 0 Å². The highest BCUT2D eigenvalue weighted by atomic mass is 19.3. The van der Waals surface area contributed by atoms with E-state index in [1.54, 1.807) is 24.3 Å². The minimum atomic E-state index is -3.06. The Kier molecular flexibility index (Phi) is 2.70. The molecule has 0 aliphatic rings. The lowest BCUT2D eigenvalue weighted by molar-refractivity contribution is 0.00659. The van der Waals surface area contributed by atoms with Crippen LogP contribution in [0.4, 0.5) is 8.78 Å². The predicted molar refractivity (Wildman–Crippen MR) is 57.0 cm³/mol. The van der Waals surface area contributed by atoms with E-state index in [0.29, 0.717) is 11.3 Å². The number of H-pyrrole nitrogens is 1. The molecule has 0 radical (unpaired) electrons. The van der Waals surface area contributed by atoms with E-state index in [-0.39, 0.29) is 5.56 Å². The number of nitrogens with zero attached hydrogens (tertiary/aromatic N) is 1. The number of aromatic nitrogens is 2. The molecule has 0 amide bonds. The molecule has 84 valence electrons. The number of hydrogen-bond donors (Lipinski definition) is 2. The lowest BCUT2D eigenvalue weighted by atomic mass is 10.0. The van der Waals surface area contributed by atoms with Crippen LogP contribution in [0.2, 0.25) is 0 Å². The summed E-state index contributed by atoms with van der Waals surface area (Å²) < 4.78 is 27.0. The van der Waals surface area contributed by atoms with Gasteiger partial charge in [-0.25, -0.2) is 0 Å². The van der Waals surface area contributed by atoms with Crippen molar-refractivity contribution in [2.45, 2.75) is 5.92 Å². The van der Waals surface area contributed by atoms with E-state index in [9.17, 15) is 8.78 Å². The smallest absolute Gasteiger partial charge is 0.288 e. The van der Waals surface area contributed by atoms with Crippen LogP contribution in [0, 0.1) is 0 Å². The summed E-state index contributed by atoms with van der Waals surface area (Å²) in [6, 6.07) is 8.86. The summed E-state index contributed by atoms with van der Waals surface area (Å²) in [6.45, 7) is -0.730. The fourth-order valence-electron chi connectivity index (χ4n) is 1.50. The first kappa shape index (κ1) is 10.8. The number of alkyl halides is 2. The molecule has 0 bridgehead atoms. The molecule has 1 heterocycles. The van der Waals surface area contributed by atoms with Crippen molar-refractivity contribution in [3.05, 3.63) is 42.1 Å². The van der Waals surface area contributed by atoms with Gasteiger partial charge in [0.1, 0.15) is 0 Å². The summed E-state index contributed by atoms with van der Waals surface area (Å²) in [6.07, 6.45) is 1.12. The molecule has 0 aliphatic carbocycles. The van der Waals surface area contributed by atoms with Crippen molar-refractivity contribution in [1.82, 2.24) is 10.2 Å². The first-order chi connectivity index (χ1) is 7.65. The van der Waals surface area contributed by atoms with Gasteiger partial charge in [-0.15, -0.1) is 0 Å². The Morgan fingerprint density at radius 1 is 1.25 bits per heavy atom. The molecule has 0 aliphatic heterocycles. The zero-order valence-electron chi connectivity index (χ0n) is 8.45. The van der Waals surface area contributed by atoms with Gasteiger partial charge in [-0.05, 0) is 0 Å². The summed E-state index contributed by atoms with van der Waals surface area (Å²) in [5.74, 6) is -3.06. The maximum atomic E-state index is 13.5. The monoisotopic (exact) mass is 223 g/mol. The molecule has 0 fully saturated rings. The van der Waals surface area contributed by atoms with Gasteiger partial charge in [-0.1, -0.05) is 30.3 Å². The van der Waals surface area contributed by atoms with Crippen LogP contribution in [-0.4, -0.2) is 16.7 Å². The molecular weight excluding hydrogens is 212 g/mol. The highest BCUT2D eigenvalue weighted by molar-refractivity contribution is 5.63. The number of halogens is 2. The number of benzene rings is 1. The lowest BCUT2D eigenvalue weighted by Crippen LogP contribution is -2.25. The highest BCUT2D eigenvalue weighted by Crippen LogP contribution is 2.33. The second-order valence-electron chi connectivity index (χ2n) is 3.43. The zero-order chi connectivity index (χ0) is 11.6. The summed E-state index contributed by atoms with van der Waals surface area (Å²) >= 11 is 0. The molecule has 0 unspecified atom stereocenters. The molecule has 0 atom stereocenters. The first-order valence-corrected chi connectivity index (χ1v) is 4.82. The minimum absolute atomic E-state index is 0.166. The average Bonchev–Trinajstić information content (AvgIpc) is 2.80. The van der Waals surface area contributed by atoms with Crippen LogP contribution in [0.15, 0.2) is 36.5 Å². The molecule has 0 saturated heterocycles. The molecule has 3 N–H and O–H groups in total. The Hall–Kier alpha value is -1.75. The van der Waals surface area contributed by atoms with E-state index >= 15 is 0 Å². The third-order valence-electron chi connectivity index (χ3n) is 2.35. The van der Waals surface area contributed by atoms with E-state index < -0.39 is 12.5 Å². The van der Waals surface area contributed by atoms with Gasteiger partial charge in [0.2, 0.25) is 0 Å². The first-order valence-electron chi connectivity index (χ1n) is 4.82. The maximum Gasteiger partial charge on any atom is 0.288 e. The quantitative estimate of drug-likeness (QED) is 0.837. The molecule has 16 heavy (non-hydrogen) atoms. The minimum Gasteiger partial charge on any atom is -0.325 e. The van der Waals surface area contributed by atoms with Gasteiger partial charge in [0, 0.05) is 5.56 Å².